The summed E-state index contributed by atoms with van der Waals surface area (Å²) < 4.78 is 54.8. The smallest absolute Gasteiger partial charge is 0.335 e. The number of aromatic nitrogens is 3. The van der Waals surface area contributed by atoms with Gasteiger partial charge in [0.05, 0.1) is 20.3 Å². The highest BCUT2D eigenvalue weighted by Gasteiger charge is 2.25. The van der Waals surface area contributed by atoms with Crippen LogP contribution >= 0.6 is 0 Å². The first-order valence-corrected chi connectivity index (χ1v) is 9.69. The van der Waals surface area contributed by atoms with Crippen molar-refractivity contribution in [1.29, 1.82) is 0 Å². The van der Waals surface area contributed by atoms with Crippen LogP contribution in [0.25, 0.3) is 0 Å². The third kappa shape index (κ3) is 6.23. The molecule has 162 valence electrons. The summed E-state index contributed by atoms with van der Waals surface area (Å²) in [7, 11) is -1.86. The van der Waals surface area contributed by atoms with Gasteiger partial charge in [-0.05, 0) is 11.6 Å². The van der Waals surface area contributed by atoms with E-state index in [1.807, 2.05) is 0 Å². The summed E-state index contributed by atoms with van der Waals surface area (Å²) >= 11 is 0. The Morgan fingerprint density at radius 3 is 2.40 bits per heavy atom. The molecule has 2 N–H and O–H groups in total. The summed E-state index contributed by atoms with van der Waals surface area (Å²) in [6.07, 6.45) is -1.53. The van der Waals surface area contributed by atoms with Gasteiger partial charge in [0.1, 0.15) is 0 Å². The molecular formula is C16H18FN5O7S. The van der Waals surface area contributed by atoms with Crippen LogP contribution in [0.2, 0.25) is 0 Å². The van der Waals surface area contributed by atoms with Crippen molar-refractivity contribution in [1.82, 2.24) is 19.7 Å². The number of hydrogen-bond donors (Lipinski definition) is 2. The number of esters is 1. The molecule has 0 bridgehead atoms. The minimum atomic E-state index is -4.51. The molecule has 0 aromatic carbocycles. The van der Waals surface area contributed by atoms with E-state index in [2.05, 4.69) is 25.0 Å². The summed E-state index contributed by atoms with van der Waals surface area (Å²) in [6, 6.07) is 2.77. The van der Waals surface area contributed by atoms with Crippen LogP contribution in [0.15, 0.2) is 29.4 Å². The van der Waals surface area contributed by atoms with Crippen LogP contribution in [0.4, 0.5) is 15.1 Å². The van der Waals surface area contributed by atoms with E-state index in [9.17, 15) is 22.4 Å². The lowest BCUT2D eigenvalue weighted by Crippen LogP contribution is -2.36. The molecule has 0 radical (unpaired) electrons. The molecule has 2 aromatic rings. The third-order valence-corrected chi connectivity index (χ3v) is 4.66. The van der Waals surface area contributed by atoms with Crippen molar-refractivity contribution in [3.63, 3.8) is 0 Å². The third-order valence-electron chi connectivity index (χ3n) is 3.33. The van der Waals surface area contributed by atoms with Gasteiger partial charge in [-0.1, -0.05) is 6.07 Å². The van der Waals surface area contributed by atoms with E-state index >= 15 is 0 Å². The number of nitrogens with one attached hydrogen (secondary N) is 2. The summed E-state index contributed by atoms with van der Waals surface area (Å²) in [5.41, 5.74) is -0.106. The molecule has 0 aliphatic carbocycles. The zero-order valence-corrected chi connectivity index (χ0v) is 16.9. The molecule has 12 nitrogen and oxygen atoms in total. The van der Waals surface area contributed by atoms with E-state index in [1.54, 1.807) is 4.72 Å². The van der Waals surface area contributed by atoms with E-state index in [-0.39, 0.29) is 23.3 Å². The SMILES string of the molecule is COc1cc(OC)nc(NC(=O)NS(=O)(=O)c2ncccc2CC(F)OC(C)=O)n1. The highest BCUT2D eigenvalue weighted by atomic mass is 32.2. The maximum atomic E-state index is 13.8. The Morgan fingerprint density at radius 1 is 1.20 bits per heavy atom. The number of amides is 2. The van der Waals surface area contributed by atoms with Crippen LogP contribution in [-0.2, 0) is 26.0 Å². The first-order valence-electron chi connectivity index (χ1n) is 8.20. The number of nitrogens with zero attached hydrogens (tertiary/aromatic N) is 3. The fourth-order valence-corrected chi connectivity index (χ4v) is 3.27. The normalized spacial score (nSPS) is 11.9. The van der Waals surface area contributed by atoms with E-state index in [0.717, 1.165) is 13.1 Å². The van der Waals surface area contributed by atoms with E-state index in [1.165, 1.54) is 32.4 Å². The molecule has 0 saturated heterocycles. The van der Waals surface area contributed by atoms with Gasteiger partial charge in [-0.3, -0.25) is 10.1 Å². The Labute approximate surface area is 170 Å². The van der Waals surface area contributed by atoms with Gasteiger partial charge in [-0.2, -0.15) is 18.4 Å². The van der Waals surface area contributed by atoms with Gasteiger partial charge < -0.3 is 14.2 Å². The second-order valence-electron chi connectivity index (χ2n) is 5.53. The molecule has 2 amide bonds. The number of pyridine rings is 1. The number of alkyl halides is 1. The zero-order chi connectivity index (χ0) is 22.3. The molecule has 0 saturated carbocycles. The van der Waals surface area contributed by atoms with Crippen molar-refractivity contribution in [2.45, 2.75) is 24.7 Å². The Balaban J connectivity index is 2.19. The topological polar surface area (TPSA) is 159 Å². The van der Waals surface area contributed by atoms with E-state index in [0.29, 0.717) is 0 Å². The number of carbonyl (C=O) groups is 2. The van der Waals surface area contributed by atoms with Crippen LogP contribution in [0.5, 0.6) is 11.8 Å². The first kappa shape index (κ1) is 22.7. The molecule has 0 spiro atoms. The number of carbonyl (C=O) groups excluding carboxylic acids is 2. The zero-order valence-electron chi connectivity index (χ0n) is 16.1. The van der Waals surface area contributed by atoms with Crippen molar-refractivity contribution >= 4 is 28.0 Å². The molecule has 2 heterocycles. The van der Waals surface area contributed by atoms with Crippen LogP contribution in [0, 0.1) is 0 Å². The molecule has 14 heteroatoms. The minimum Gasteiger partial charge on any atom is -0.481 e. The summed E-state index contributed by atoms with van der Waals surface area (Å²) in [6.45, 7) is 1.01. The fraction of sp³-hybridized carbons (Fsp3) is 0.312. The molecule has 30 heavy (non-hydrogen) atoms. The quantitative estimate of drug-likeness (QED) is 0.559. The summed E-state index contributed by atoms with van der Waals surface area (Å²) in [4.78, 5) is 34.3. The van der Waals surface area contributed by atoms with Crippen molar-refractivity contribution < 1.29 is 36.6 Å². The molecule has 2 rings (SSSR count). The second kappa shape index (κ2) is 9.78. The Hall–Kier alpha value is -3.55. The molecule has 0 aliphatic heterocycles. The molecule has 1 unspecified atom stereocenters. The van der Waals surface area contributed by atoms with Crippen molar-refractivity contribution in [2.24, 2.45) is 0 Å². The maximum absolute atomic E-state index is 13.8. The van der Waals surface area contributed by atoms with Crippen molar-refractivity contribution in [2.75, 3.05) is 19.5 Å². The van der Waals surface area contributed by atoms with Crippen molar-refractivity contribution in [3.8, 4) is 11.8 Å². The lowest BCUT2D eigenvalue weighted by molar-refractivity contribution is -0.154. The number of hydrogen-bond acceptors (Lipinski definition) is 10. The minimum absolute atomic E-state index is 0.0616. The molecular weight excluding hydrogens is 425 g/mol. The Bertz CT molecular complexity index is 1010. The van der Waals surface area contributed by atoms with Crippen LogP contribution in [-0.4, -0.2) is 55.9 Å². The number of methoxy groups -OCH3 is 2. The lowest BCUT2D eigenvalue weighted by atomic mass is 10.2. The fourth-order valence-electron chi connectivity index (χ4n) is 2.18. The van der Waals surface area contributed by atoms with Crippen LogP contribution in [0.3, 0.4) is 0 Å². The molecule has 2 aromatic heterocycles. The number of ether oxygens (including phenoxy) is 3. The Morgan fingerprint density at radius 2 is 1.83 bits per heavy atom. The standard InChI is InChI=1S/C16H18FN5O7S/c1-9(23)29-11(17)7-10-5-4-6-18-14(10)30(25,26)22-16(24)21-15-19-12(27-2)8-13(20-15)28-3/h4-6,8,11H,7H2,1-3H3,(H2,19,20,21,22,24). The van der Waals surface area contributed by atoms with Gasteiger partial charge in [0.15, 0.2) is 5.03 Å². The number of halogens is 1. The molecule has 1 atom stereocenters. The summed E-state index contributed by atoms with van der Waals surface area (Å²) in [5.74, 6) is -1.04. The number of anilines is 1. The second-order valence-corrected chi connectivity index (χ2v) is 7.12. The molecule has 0 fully saturated rings. The van der Waals surface area contributed by atoms with E-state index < -0.39 is 39.8 Å². The number of sulfonamides is 1. The van der Waals surface area contributed by atoms with Gasteiger partial charge in [0.25, 0.3) is 10.0 Å². The largest absolute Gasteiger partial charge is 0.481 e. The predicted molar refractivity (Wildman–Crippen MR) is 99.1 cm³/mol. The van der Waals surface area contributed by atoms with Gasteiger partial charge >= 0.3 is 12.0 Å². The van der Waals surface area contributed by atoms with Gasteiger partial charge in [0.2, 0.25) is 24.1 Å². The highest BCUT2D eigenvalue weighted by molar-refractivity contribution is 7.90. The summed E-state index contributed by atoms with van der Waals surface area (Å²) in [5, 5.41) is 1.51. The Kier molecular flexibility index (Phi) is 7.41. The number of rotatable bonds is 8. The molecule has 0 aliphatic rings. The lowest BCUT2D eigenvalue weighted by Gasteiger charge is -2.13. The highest BCUT2D eigenvalue weighted by Crippen LogP contribution is 2.18. The van der Waals surface area contributed by atoms with Gasteiger partial charge in [0, 0.05) is 19.5 Å². The average molecular weight is 443 g/mol. The van der Waals surface area contributed by atoms with E-state index in [4.69, 9.17) is 9.47 Å². The maximum Gasteiger partial charge on any atom is 0.335 e. The monoisotopic (exact) mass is 443 g/mol. The van der Waals surface area contributed by atoms with Crippen molar-refractivity contribution in [3.05, 3.63) is 30.0 Å². The van der Waals surface area contributed by atoms with Crippen LogP contribution in [0.1, 0.15) is 12.5 Å². The average Bonchev–Trinajstić information content (AvgIpc) is 2.66. The van der Waals surface area contributed by atoms with Crippen LogP contribution < -0.4 is 19.5 Å². The predicted octanol–water partition coefficient (Wildman–Crippen LogP) is 0.800. The van der Waals surface area contributed by atoms with Gasteiger partial charge in [-0.25, -0.2) is 18.9 Å². The first-order chi connectivity index (χ1) is 14.1. The number of urea groups is 1. The van der Waals surface area contributed by atoms with Gasteiger partial charge in [-0.15, -0.1) is 0 Å².